The van der Waals surface area contributed by atoms with Crippen molar-refractivity contribution in [2.75, 3.05) is 24.7 Å². The number of hydrogen-bond acceptors (Lipinski definition) is 5. The van der Waals surface area contributed by atoms with Crippen molar-refractivity contribution >= 4 is 22.9 Å². The summed E-state index contributed by atoms with van der Waals surface area (Å²) in [5.41, 5.74) is 11.3. The molecule has 0 saturated heterocycles. The summed E-state index contributed by atoms with van der Waals surface area (Å²) in [5.74, 6) is 0.548. The molecule has 3 aromatic rings. The fourth-order valence-corrected chi connectivity index (χ4v) is 4.61. The van der Waals surface area contributed by atoms with E-state index in [1.807, 2.05) is 36.5 Å². The first-order valence-corrected chi connectivity index (χ1v) is 10.6. The molecule has 1 aliphatic carbocycles. The first-order valence-electron chi connectivity index (χ1n) is 10.6. The number of rotatable bonds is 4. The number of pyridine rings is 1. The molecule has 1 fully saturated rings. The quantitative estimate of drug-likeness (QED) is 0.692. The number of imidazole rings is 1. The van der Waals surface area contributed by atoms with E-state index >= 15 is 0 Å². The molecular weight excluding hydrogens is 378 g/mol. The van der Waals surface area contributed by atoms with Crippen LogP contribution in [0.1, 0.15) is 37.8 Å². The van der Waals surface area contributed by atoms with Crippen molar-refractivity contribution in [3.63, 3.8) is 0 Å². The molecule has 2 aliphatic rings. The van der Waals surface area contributed by atoms with Gasteiger partial charge in [0, 0.05) is 30.0 Å². The summed E-state index contributed by atoms with van der Waals surface area (Å²) in [7, 11) is 2.20. The van der Waals surface area contributed by atoms with Gasteiger partial charge >= 0.3 is 0 Å². The second-order valence-corrected chi connectivity index (χ2v) is 8.35. The number of nitrogens with one attached hydrogen (secondary N) is 1. The Bertz CT molecular complexity index is 1100. The molecule has 5 rings (SSSR count). The molecule has 0 spiro atoms. The zero-order chi connectivity index (χ0) is 20.7. The van der Waals surface area contributed by atoms with Gasteiger partial charge in [-0.15, -0.1) is 0 Å². The van der Waals surface area contributed by atoms with Gasteiger partial charge in [0.1, 0.15) is 11.4 Å². The predicted octanol–water partition coefficient (Wildman–Crippen LogP) is 3.68. The lowest BCUT2D eigenvalue weighted by atomic mass is 9.94. The minimum absolute atomic E-state index is 0.0530. The number of anilines is 2. The smallest absolute Gasteiger partial charge is 0.262 e. The van der Waals surface area contributed by atoms with Crippen LogP contribution < -0.4 is 15.8 Å². The summed E-state index contributed by atoms with van der Waals surface area (Å²) in [6.07, 6.45) is 8.36. The van der Waals surface area contributed by atoms with Gasteiger partial charge in [0.05, 0.1) is 17.1 Å². The summed E-state index contributed by atoms with van der Waals surface area (Å²) in [5, 5.41) is 2.90. The van der Waals surface area contributed by atoms with E-state index in [2.05, 4.69) is 21.7 Å². The number of aromatic nitrogens is 2. The fraction of sp³-hybridized carbons (Fsp3) is 0.391. The van der Waals surface area contributed by atoms with Gasteiger partial charge in [0.15, 0.2) is 6.61 Å². The van der Waals surface area contributed by atoms with E-state index in [0.29, 0.717) is 23.2 Å². The third-order valence-electron chi connectivity index (χ3n) is 6.22. The highest BCUT2D eigenvalue weighted by atomic mass is 16.5. The molecule has 1 aromatic carbocycles. The van der Waals surface area contributed by atoms with E-state index in [1.54, 1.807) is 0 Å². The zero-order valence-electron chi connectivity index (χ0n) is 17.2. The van der Waals surface area contributed by atoms with Crippen molar-refractivity contribution in [1.82, 2.24) is 14.3 Å². The number of carbonyl (C=O) groups is 1. The normalized spacial score (nSPS) is 17.1. The number of hydrogen-bond donors (Lipinski definition) is 2. The molecule has 1 saturated carbocycles. The molecule has 2 aromatic heterocycles. The molecule has 7 heteroatoms. The Balaban J connectivity index is 1.57. The van der Waals surface area contributed by atoms with E-state index in [1.165, 1.54) is 32.1 Å². The topological polar surface area (TPSA) is 84.9 Å². The average Bonchev–Trinajstić information content (AvgIpc) is 3.11. The maximum Gasteiger partial charge on any atom is 0.262 e. The van der Waals surface area contributed by atoms with Crippen LogP contribution in [-0.4, -0.2) is 39.9 Å². The van der Waals surface area contributed by atoms with Crippen molar-refractivity contribution < 1.29 is 9.53 Å². The Labute approximate surface area is 175 Å². The molecule has 0 radical (unpaired) electrons. The van der Waals surface area contributed by atoms with Crippen molar-refractivity contribution in [2.45, 2.75) is 44.7 Å². The van der Waals surface area contributed by atoms with Crippen LogP contribution in [0.15, 0.2) is 36.5 Å². The molecule has 0 bridgehead atoms. The standard InChI is InChI=1S/C23H27N5O2/c1-27(17-5-3-2-4-6-17)13-19-23(26-21-10-8-16(24)12-28(19)21)15-7-9-20-18(11-15)25-22(29)14-30-20/h7-12,17H,2-6,13-14,24H2,1H3,(H,25,29). The number of nitrogens with zero attached hydrogens (tertiary/aromatic N) is 3. The predicted molar refractivity (Wildman–Crippen MR) is 118 cm³/mol. The van der Waals surface area contributed by atoms with Gasteiger partial charge in [-0.2, -0.15) is 0 Å². The second-order valence-electron chi connectivity index (χ2n) is 8.35. The first kappa shape index (κ1) is 18.9. The largest absolute Gasteiger partial charge is 0.482 e. The highest BCUT2D eigenvalue weighted by molar-refractivity contribution is 5.96. The molecule has 7 nitrogen and oxygen atoms in total. The van der Waals surface area contributed by atoms with E-state index < -0.39 is 0 Å². The van der Waals surface area contributed by atoms with Crippen LogP contribution in [0.4, 0.5) is 11.4 Å². The van der Waals surface area contributed by atoms with Crippen molar-refractivity contribution in [1.29, 1.82) is 0 Å². The molecule has 1 amide bonds. The maximum absolute atomic E-state index is 11.8. The van der Waals surface area contributed by atoms with E-state index in [-0.39, 0.29) is 12.5 Å². The van der Waals surface area contributed by atoms with Crippen LogP contribution in [-0.2, 0) is 11.3 Å². The number of amides is 1. The van der Waals surface area contributed by atoms with Crippen LogP contribution >= 0.6 is 0 Å². The van der Waals surface area contributed by atoms with E-state index in [9.17, 15) is 4.79 Å². The Morgan fingerprint density at radius 2 is 2.07 bits per heavy atom. The SMILES string of the molecule is CN(Cc1c(-c2ccc3c(c2)NC(=O)CO3)nc2ccc(N)cn12)C1CCCCC1. The van der Waals surface area contributed by atoms with Gasteiger partial charge in [0.2, 0.25) is 0 Å². The fourth-order valence-electron chi connectivity index (χ4n) is 4.61. The molecule has 3 N–H and O–H groups in total. The Morgan fingerprint density at radius 3 is 2.90 bits per heavy atom. The van der Waals surface area contributed by atoms with Crippen LogP contribution in [0.3, 0.4) is 0 Å². The van der Waals surface area contributed by atoms with Crippen LogP contribution in [0.25, 0.3) is 16.9 Å². The summed E-state index contributed by atoms with van der Waals surface area (Å²) >= 11 is 0. The van der Waals surface area contributed by atoms with Crippen molar-refractivity contribution in [3.8, 4) is 17.0 Å². The number of ether oxygens (including phenoxy) is 1. The van der Waals surface area contributed by atoms with Gasteiger partial charge in [0.25, 0.3) is 5.91 Å². The van der Waals surface area contributed by atoms with Crippen LogP contribution in [0.5, 0.6) is 5.75 Å². The number of nitrogen functional groups attached to an aromatic ring is 1. The molecule has 3 heterocycles. The summed E-state index contributed by atoms with van der Waals surface area (Å²) < 4.78 is 7.61. The molecule has 156 valence electrons. The molecule has 30 heavy (non-hydrogen) atoms. The monoisotopic (exact) mass is 405 g/mol. The third-order valence-corrected chi connectivity index (χ3v) is 6.22. The van der Waals surface area contributed by atoms with Crippen molar-refractivity contribution in [2.24, 2.45) is 0 Å². The third kappa shape index (κ3) is 3.50. The Kier molecular flexibility index (Phi) is 4.83. The summed E-state index contributed by atoms with van der Waals surface area (Å²) in [6.45, 7) is 0.835. The minimum Gasteiger partial charge on any atom is -0.482 e. The van der Waals surface area contributed by atoms with Crippen LogP contribution in [0.2, 0.25) is 0 Å². The molecule has 0 unspecified atom stereocenters. The number of carbonyl (C=O) groups excluding carboxylic acids is 1. The lowest BCUT2D eigenvalue weighted by molar-refractivity contribution is -0.118. The summed E-state index contributed by atoms with van der Waals surface area (Å²) in [4.78, 5) is 19.1. The number of fused-ring (bicyclic) bond motifs is 2. The van der Waals surface area contributed by atoms with Gasteiger partial charge in [-0.05, 0) is 50.2 Å². The number of nitrogens with two attached hydrogens (primary N) is 1. The molecular formula is C23H27N5O2. The minimum atomic E-state index is -0.139. The highest BCUT2D eigenvalue weighted by Crippen LogP contribution is 2.35. The van der Waals surface area contributed by atoms with Gasteiger partial charge in [-0.3, -0.25) is 9.69 Å². The highest BCUT2D eigenvalue weighted by Gasteiger charge is 2.23. The molecule has 1 aliphatic heterocycles. The van der Waals surface area contributed by atoms with E-state index in [4.69, 9.17) is 15.5 Å². The molecule has 0 atom stereocenters. The Morgan fingerprint density at radius 1 is 1.23 bits per heavy atom. The lowest BCUT2D eigenvalue weighted by Gasteiger charge is -2.31. The van der Waals surface area contributed by atoms with Crippen LogP contribution in [0, 0.1) is 0 Å². The first-order chi connectivity index (χ1) is 14.6. The average molecular weight is 406 g/mol. The summed E-state index contributed by atoms with van der Waals surface area (Å²) in [6, 6.07) is 10.3. The lowest BCUT2D eigenvalue weighted by Crippen LogP contribution is -2.33. The number of benzene rings is 1. The second kappa shape index (κ2) is 7.65. The van der Waals surface area contributed by atoms with E-state index in [0.717, 1.165) is 29.1 Å². The maximum atomic E-state index is 11.8. The van der Waals surface area contributed by atoms with Gasteiger partial charge in [-0.25, -0.2) is 4.98 Å². The van der Waals surface area contributed by atoms with Crippen molar-refractivity contribution in [3.05, 3.63) is 42.2 Å². The van der Waals surface area contributed by atoms with Gasteiger partial charge in [-0.1, -0.05) is 19.3 Å². The Hall–Kier alpha value is -3.06. The zero-order valence-corrected chi connectivity index (χ0v) is 17.2. The van der Waals surface area contributed by atoms with Gasteiger partial charge < -0.3 is 20.2 Å².